The lowest BCUT2D eigenvalue weighted by molar-refractivity contribution is 0.102. The molecule has 0 aliphatic heterocycles. The van der Waals surface area contributed by atoms with Gasteiger partial charge in [-0.3, -0.25) is 9.78 Å². The predicted molar refractivity (Wildman–Crippen MR) is 75.8 cm³/mol. The molecule has 0 saturated carbocycles. The Morgan fingerprint density at radius 2 is 2.00 bits per heavy atom. The standard InChI is InChI=1S/C15H16N2O3/c1-10(18)11-3-5-12(6-4-11)17-15(19)13-7-8-16-9-14(13)20-2/h3-10,18H,1-2H3,(H,17,19). The predicted octanol–water partition coefficient (Wildman–Crippen LogP) is 2.40. The Kier molecular flexibility index (Phi) is 4.32. The molecule has 2 rings (SSSR count). The molecule has 0 radical (unpaired) electrons. The fourth-order valence-electron chi connectivity index (χ4n) is 1.77. The third kappa shape index (κ3) is 3.13. The van der Waals surface area contributed by atoms with E-state index in [0.29, 0.717) is 17.0 Å². The van der Waals surface area contributed by atoms with Crippen molar-refractivity contribution in [2.75, 3.05) is 12.4 Å². The van der Waals surface area contributed by atoms with Gasteiger partial charge in [0.25, 0.3) is 5.91 Å². The van der Waals surface area contributed by atoms with Gasteiger partial charge in [0.05, 0.1) is 25.0 Å². The maximum absolute atomic E-state index is 12.1. The maximum atomic E-state index is 12.1. The first kappa shape index (κ1) is 14.0. The van der Waals surface area contributed by atoms with E-state index in [0.717, 1.165) is 5.56 Å². The Balaban J connectivity index is 2.15. The first-order valence-corrected chi connectivity index (χ1v) is 6.19. The number of aliphatic hydroxyl groups is 1. The zero-order chi connectivity index (χ0) is 14.5. The lowest BCUT2D eigenvalue weighted by Crippen LogP contribution is -2.13. The number of rotatable bonds is 4. The number of ether oxygens (including phenoxy) is 1. The van der Waals surface area contributed by atoms with Gasteiger partial charge in [0, 0.05) is 11.9 Å². The third-order valence-electron chi connectivity index (χ3n) is 2.90. The van der Waals surface area contributed by atoms with Crippen LogP contribution in [-0.2, 0) is 0 Å². The maximum Gasteiger partial charge on any atom is 0.259 e. The minimum atomic E-state index is -0.528. The number of methoxy groups -OCH3 is 1. The Bertz CT molecular complexity index is 594. The fourth-order valence-corrected chi connectivity index (χ4v) is 1.77. The van der Waals surface area contributed by atoms with Crippen LogP contribution in [-0.4, -0.2) is 23.1 Å². The van der Waals surface area contributed by atoms with E-state index >= 15 is 0 Å². The van der Waals surface area contributed by atoms with Crippen LogP contribution >= 0.6 is 0 Å². The lowest BCUT2D eigenvalue weighted by atomic mass is 10.1. The zero-order valence-corrected chi connectivity index (χ0v) is 11.3. The summed E-state index contributed by atoms with van der Waals surface area (Å²) in [6, 6.07) is 8.62. The average Bonchev–Trinajstić information content (AvgIpc) is 2.47. The molecule has 5 nitrogen and oxygen atoms in total. The molecule has 0 saturated heterocycles. The highest BCUT2D eigenvalue weighted by atomic mass is 16.5. The largest absolute Gasteiger partial charge is 0.494 e. The van der Waals surface area contributed by atoms with Gasteiger partial charge >= 0.3 is 0 Å². The van der Waals surface area contributed by atoms with Crippen LogP contribution in [0.3, 0.4) is 0 Å². The molecule has 1 unspecified atom stereocenters. The van der Waals surface area contributed by atoms with Gasteiger partial charge in [-0.2, -0.15) is 0 Å². The summed E-state index contributed by atoms with van der Waals surface area (Å²) in [5, 5.41) is 12.2. The van der Waals surface area contributed by atoms with E-state index in [1.807, 2.05) is 0 Å². The quantitative estimate of drug-likeness (QED) is 0.896. The van der Waals surface area contributed by atoms with Gasteiger partial charge < -0.3 is 15.2 Å². The molecule has 1 amide bonds. The average molecular weight is 272 g/mol. The molecule has 2 aromatic rings. The second-order valence-electron chi connectivity index (χ2n) is 4.33. The highest BCUT2D eigenvalue weighted by Gasteiger charge is 2.12. The number of carbonyl (C=O) groups is 1. The molecule has 5 heteroatoms. The van der Waals surface area contributed by atoms with Crippen molar-refractivity contribution in [3.63, 3.8) is 0 Å². The van der Waals surface area contributed by atoms with E-state index in [2.05, 4.69) is 10.3 Å². The van der Waals surface area contributed by atoms with Crippen molar-refractivity contribution in [1.82, 2.24) is 4.98 Å². The number of benzene rings is 1. The van der Waals surface area contributed by atoms with E-state index in [4.69, 9.17) is 4.74 Å². The molecule has 0 aliphatic carbocycles. The van der Waals surface area contributed by atoms with E-state index in [1.165, 1.54) is 19.5 Å². The number of carbonyl (C=O) groups excluding carboxylic acids is 1. The van der Waals surface area contributed by atoms with Gasteiger partial charge in [-0.1, -0.05) is 12.1 Å². The van der Waals surface area contributed by atoms with Gasteiger partial charge in [0.1, 0.15) is 5.75 Å². The number of aliphatic hydroxyl groups excluding tert-OH is 1. The summed E-state index contributed by atoms with van der Waals surface area (Å²) >= 11 is 0. The molecule has 1 aromatic carbocycles. The Morgan fingerprint density at radius 3 is 2.60 bits per heavy atom. The van der Waals surface area contributed by atoms with E-state index in [1.54, 1.807) is 37.3 Å². The van der Waals surface area contributed by atoms with Crippen LogP contribution in [0.2, 0.25) is 0 Å². The van der Waals surface area contributed by atoms with Crippen molar-refractivity contribution < 1.29 is 14.6 Å². The van der Waals surface area contributed by atoms with Crippen molar-refractivity contribution in [2.45, 2.75) is 13.0 Å². The smallest absolute Gasteiger partial charge is 0.259 e. The number of hydrogen-bond donors (Lipinski definition) is 2. The Labute approximate surface area is 117 Å². The van der Waals surface area contributed by atoms with Crippen LogP contribution in [0.4, 0.5) is 5.69 Å². The zero-order valence-electron chi connectivity index (χ0n) is 11.3. The van der Waals surface area contributed by atoms with Crippen LogP contribution in [0.25, 0.3) is 0 Å². The minimum Gasteiger partial charge on any atom is -0.494 e. The normalized spacial score (nSPS) is 11.8. The molecule has 0 bridgehead atoms. The Morgan fingerprint density at radius 1 is 1.30 bits per heavy atom. The summed E-state index contributed by atoms with van der Waals surface area (Å²) in [5.74, 6) is 0.152. The van der Waals surface area contributed by atoms with E-state index in [9.17, 15) is 9.90 Å². The van der Waals surface area contributed by atoms with Crippen LogP contribution in [0.15, 0.2) is 42.7 Å². The SMILES string of the molecule is COc1cnccc1C(=O)Nc1ccc(C(C)O)cc1. The Hall–Kier alpha value is -2.40. The number of nitrogens with one attached hydrogen (secondary N) is 1. The molecule has 1 aromatic heterocycles. The molecule has 0 aliphatic rings. The highest BCUT2D eigenvalue weighted by molar-refractivity contribution is 6.06. The number of aromatic nitrogens is 1. The van der Waals surface area contributed by atoms with Gasteiger partial charge in [-0.25, -0.2) is 0 Å². The summed E-state index contributed by atoms with van der Waals surface area (Å²) in [4.78, 5) is 16.0. The molecular formula is C15H16N2O3. The molecular weight excluding hydrogens is 256 g/mol. The molecule has 2 N–H and O–H groups in total. The van der Waals surface area contributed by atoms with Gasteiger partial charge in [0.2, 0.25) is 0 Å². The second kappa shape index (κ2) is 6.16. The van der Waals surface area contributed by atoms with Crippen LogP contribution in [0, 0.1) is 0 Å². The molecule has 1 heterocycles. The molecule has 20 heavy (non-hydrogen) atoms. The third-order valence-corrected chi connectivity index (χ3v) is 2.90. The fraction of sp³-hybridized carbons (Fsp3) is 0.200. The topological polar surface area (TPSA) is 71.5 Å². The number of pyridine rings is 1. The second-order valence-corrected chi connectivity index (χ2v) is 4.33. The number of amides is 1. The number of nitrogens with zero attached hydrogens (tertiary/aromatic N) is 1. The first-order chi connectivity index (χ1) is 9.61. The van der Waals surface area contributed by atoms with Gasteiger partial charge in [-0.05, 0) is 30.7 Å². The summed E-state index contributed by atoms with van der Waals surface area (Å²) < 4.78 is 5.10. The van der Waals surface area contributed by atoms with Crippen molar-refractivity contribution >= 4 is 11.6 Å². The summed E-state index contributed by atoms with van der Waals surface area (Å²) in [6.45, 7) is 1.69. The monoisotopic (exact) mass is 272 g/mol. The van der Waals surface area contributed by atoms with Crippen LogP contribution in [0.1, 0.15) is 28.9 Å². The lowest BCUT2D eigenvalue weighted by Gasteiger charge is -2.10. The minimum absolute atomic E-state index is 0.269. The number of hydrogen-bond acceptors (Lipinski definition) is 4. The van der Waals surface area contributed by atoms with Crippen molar-refractivity contribution in [3.8, 4) is 5.75 Å². The van der Waals surface area contributed by atoms with Crippen molar-refractivity contribution in [2.24, 2.45) is 0 Å². The first-order valence-electron chi connectivity index (χ1n) is 6.19. The van der Waals surface area contributed by atoms with Gasteiger partial charge in [-0.15, -0.1) is 0 Å². The van der Waals surface area contributed by atoms with Gasteiger partial charge in [0.15, 0.2) is 0 Å². The van der Waals surface area contributed by atoms with E-state index in [-0.39, 0.29) is 5.91 Å². The molecule has 1 atom stereocenters. The van der Waals surface area contributed by atoms with Crippen LogP contribution in [0.5, 0.6) is 5.75 Å². The summed E-state index contributed by atoms with van der Waals surface area (Å²) in [6.07, 6.45) is 2.50. The molecule has 0 fully saturated rings. The van der Waals surface area contributed by atoms with E-state index < -0.39 is 6.10 Å². The summed E-state index contributed by atoms with van der Waals surface area (Å²) in [5.41, 5.74) is 1.87. The summed E-state index contributed by atoms with van der Waals surface area (Å²) in [7, 11) is 1.49. The van der Waals surface area contributed by atoms with Crippen molar-refractivity contribution in [3.05, 3.63) is 53.9 Å². The van der Waals surface area contributed by atoms with Crippen molar-refractivity contribution in [1.29, 1.82) is 0 Å². The molecule has 104 valence electrons. The highest BCUT2D eigenvalue weighted by Crippen LogP contribution is 2.19. The molecule has 0 spiro atoms. The van der Waals surface area contributed by atoms with Crippen LogP contribution < -0.4 is 10.1 Å². The number of anilines is 1.